The normalized spacial score (nSPS) is 18.0. The lowest BCUT2D eigenvalue weighted by molar-refractivity contribution is -0.0248. The minimum Gasteiger partial charge on any atom is -0.461 e. The Hall–Kier alpha value is -2.73. The second-order valence-electron chi connectivity index (χ2n) is 5.85. The van der Waals surface area contributed by atoms with Gasteiger partial charge in [0.15, 0.2) is 0 Å². The number of hydrogen-bond acceptors (Lipinski definition) is 5. The van der Waals surface area contributed by atoms with Crippen molar-refractivity contribution in [3.63, 3.8) is 0 Å². The first kappa shape index (κ1) is 14.8. The molecule has 24 heavy (non-hydrogen) atoms. The zero-order valence-corrected chi connectivity index (χ0v) is 13.3. The molecule has 1 aliphatic rings. The van der Waals surface area contributed by atoms with Gasteiger partial charge in [-0.1, -0.05) is 0 Å². The lowest BCUT2D eigenvalue weighted by atomic mass is 10.1. The standard InChI is InChI=1S/C18H17N3O3/c1-12-8-14-9-13(2-3-16(14)24-12)18(22)21-6-7-23-17(11-21)15-10-19-4-5-20-15/h2-5,8-10,17H,6-7,11H2,1H3/t17-/m0/s1. The number of rotatable bonds is 2. The summed E-state index contributed by atoms with van der Waals surface area (Å²) < 4.78 is 11.3. The molecule has 3 heterocycles. The van der Waals surface area contributed by atoms with Gasteiger partial charge in [0.25, 0.3) is 5.91 Å². The minimum atomic E-state index is -0.240. The van der Waals surface area contributed by atoms with Gasteiger partial charge in [-0.2, -0.15) is 0 Å². The molecule has 4 rings (SSSR count). The summed E-state index contributed by atoms with van der Waals surface area (Å²) in [5.74, 6) is 0.830. The van der Waals surface area contributed by atoms with Crippen LogP contribution < -0.4 is 0 Å². The van der Waals surface area contributed by atoms with Gasteiger partial charge in [-0.05, 0) is 31.2 Å². The third-order valence-corrected chi connectivity index (χ3v) is 4.15. The predicted octanol–water partition coefficient (Wildman–Crippen LogP) is 2.74. The highest BCUT2D eigenvalue weighted by Crippen LogP contribution is 2.24. The number of nitrogens with zero attached hydrogens (tertiary/aromatic N) is 3. The highest BCUT2D eigenvalue weighted by Gasteiger charge is 2.27. The average molecular weight is 323 g/mol. The molecule has 1 saturated heterocycles. The number of amides is 1. The van der Waals surface area contributed by atoms with Crippen molar-refractivity contribution in [1.82, 2.24) is 14.9 Å². The molecule has 0 bridgehead atoms. The number of ether oxygens (including phenoxy) is 1. The smallest absolute Gasteiger partial charge is 0.254 e. The van der Waals surface area contributed by atoms with Crippen molar-refractivity contribution in [1.29, 1.82) is 0 Å². The number of morpholine rings is 1. The summed E-state index contributed by atoms with van der Waals surface area (Å²) in [5, 5.41) is 0.942. The maximum atomic E-state index is 12.8. The summed E-state index contributed by atoms with van der Waals surface area (Å²) >= 11 is 0. The van der Waals surface area contributed by atoms with Gasteiger partial charge in [0, 0.05) is 29.9 Å². The fraction of sp³-hybridized carbons (Fsp3) is 0.278. The van der Waals surface area contributed by atoms with Crippen molar-refractivity contribution in [2.24, 2.45) is 0 Å². The van der Waals surface area contributed by atoms with Crippen LogP contribution in [0.15, 0.2) is 47.3 Å². The summed E-state index contributed by atoms with van der Waals surface area (Å²) in [5.41, 5.74) is 2.20. The van der Waals surface area contributed by atoms with Crippen LogP contribution in [-0.2, 0) is 4.74 Å². The lowest BCUT2D eigenvalue weighted by Gasteiger charge is -2.32. The maximum Gasteiger partial charge on any atom is 0.254 e. The molecule has 0 unspecified atom stereocenters. The number of hydrogen-bond donors (Lipinski definition) is 0. The molecular weight excluding hydrogens is 306 g/mol. The number of aryl methyl sites for hydroxylation is 1. The van der Waals surface area contributed by atoms with Crippen LogP contribution in [0.3, 0.4) is 0 Å². The molecule has 6 heteroatoms. The van der Waals surface area contributed by atoms with Gasteiger partial charge in [-0.25, -0.2) is 0 Å². The Balaban J connectivity index is 1.56. The van der Waals surface area contributed by atoms with Crippen molar-refractivity contribution in [2.45, 2.75) is 13.0 Å². The van der Waals surface area contributed by atoms with Crippen LogP contribution in [0.2, 0.25) is 0 Å². The number of benzene rings is 1. The maximum absolute atomic E-state index is 12.8. The Morgan fingerprint density at radius 1 is 1.29 bits per heavy atom. The number of carbonyl (C=O) groups is 1. The molecule has 0 N–H and O–H groups in total. The molecule has 1 atom stereocenters. The van der Waals surface area contributed by atoms with Crippen LogP contribution in [0.1, 0.15) is 27.9 Å². The van der Waals surface area contributed by atoms with Crippen LogP contribution >= 0.6 is 0 Å². The van der Waals surface area contributed by atoms with E-state index in [-0.39, 0.29) is 12.0 Å². The predicted molar refractivity (Wildman–Crippen MR) is 87.6 cm³/mol. The number of fused-ring (bicyclic) bond motifs is 1. The van der Waals surface area contributed by atoms with Gasteiger partial charge in [-0.15, -0.1) is 0 Å². The fourth-order valence-electron chi connectivity index (χ4n) is 2.98. The summed E-state index contributed by atoms with van der Waals surface area (Å²) in [6.45, 7) is 3.42. The first-order chi connectivity index (χ1) is 11.7. The van der Waals surface area contributed by atoms with E-state index in [1.165, 1.54) is 0 Å². The molecule has 0 aliphatic carbocycles. The quantitative estimate of drug-likeness (QED) is 0.725. The van der Waals surface area contributed by atoms with Crippen LogP contribution in [-0.4, -0.2) is 40.5 Å². The van der Waals surface area contributed by atoms with Crippen molar-refractivity contribution >= 4 is 16.9 Å². The van der Waals surface area contributed by atoms with E-state index < -0.39 is 0 Å². The van der Waals surface area contributed by atoms with E-state index in [4.69, 9.17) is 9.15 Å². The van der Waals surface area contributed by atoms with Crippen molar-refractivity contribution in [2.75, 3.05) is 19.7 Å². The number of furan rings is 1. The second-order valence-corrected chi connectivity index (χ2v) is 5.85. The molecule has 1 aromatic carbocycles. The number of carbonyl (C=O) groups excluding carboxylic acids is 1. The summed E-state index contributed by atoms with van der Waals surface area (Å²) in [6, 6.07) is 7.46. The highest BCUT2D eigenvalue weighted by molar-refractivity contribution is 5.97. The summed E-state index contributed by atoms with van der Waals surface area (Å²) in [4.78, 5) is 23.0. The van der Waals surface area contributed by atoms with Crippen LogP contribution in [0, 0.1) is 6.92 Å². The molecule has 1 fully saturated rings. The van der Waals surface area contributed by atoms with Crippen molar-refractivity contribution in [3.05, 3.63) is 59.9 Å². The first-order valence-corrected chi connectivity index (χ1v) is 7.88. The van der Waals surface area contributed by atoms with E-state index in [2.05, 4.69) is 9.97 Å². The van der Waals surface area contributed by atoms with Gasteiger partial charge < -0.3 is 14.1 Å². The zero-order chi connectivity index (χ0) is 16.5. The van der Waals surface area contributed by atoms with E-state index in [1.54, 1.807) is 29.6 Å². The van der Waals surface area contributed by atoms with Crippen LogP contribution in [0.4, 0.5) is 0 Å². The van der Waals surface area contributed by atoms with Gasteiger partial charge in [0.05, 0.1) is 25.0 Å². The van der Waals surface area contributed by atoms with E-state index in [0.29, 0.717) is 25.3 Å². The molecule has 0 radical (unpaired) electrons. The van der Waals surface area contributed by atoms with Gasteiger partial charge in [-0.3, -0.25) is 14.8 Å². The Morgan fingerprint density at radius 3 is 3.04 bits per heavy atom. The van der Waals surface area contributed by atoms with Crippen LogP contribution in [0.5, 0.6) is 0 Å². The number of aromatic nitrogens is 2. The monoisotopic (exact) mass is 323 g/mol. The Bertz CT molecular complexity index is 876. The molecule has 0 spiro atoms. The van der Waals surface area contributed by atoms with Gasteiger partial charge in [0.2, 0.25) is 0 Å². The van der Waals surface area contributed by atoms with E-state index in [1.807, 2.05) is 25.1 Å². The SMILES string of the molecule is Cc1cc2cc(C(=O)N3CCO[C@H](c4cnccn4)C3)ccc2o1. The Morgan fingerprint density at radius 2 is 2.21 bits per heavy atom. The minimum absolute atomic E-state index is 0.00653. The molecule has 0 saturated carbocycles. The van der Waals surface area contributed by atoms with E-state index in [9.17, 15) is 4.79 Å². The van der Waals surface area contributed by atoms with Crippen LogP contribution in [0.25, 0.3) is 11.0 Å². The molecule has 2 aromatic heterocycles. The summed E-state index contributed by atoms with van der Waals surface area (Å²) in [7, 11) is 0. The Labute approximate surface area is 139 Å². The highest BCUT2D eigenvalue weighted by atomic mass is 16.5. The third kappa shape index (κ3) is 2.76. The van der Waals surface area contributed by atoms with Gasteiger partial charge >= 0.3 is 0 Å². The molecule has 6 nitrogen and oxygen atoms in total. The molecule has 1 aliphatic heterocycles. The fourth-order valence-corrected chi connectivity index (χ4v) is 2.98. The molecular formula is C18H17N3O3. The molecule has 122 valence electrons. The molecule has 3 aromatic rings. The van der Waals surface area contributed by atoms with E-state index in [0.717, 1.165) is 22.4 Å². The van der Waals surface area contributed by atoms with Crippen molar-refractivity contribution < 1.29 is 13.9 Å². The topological polar surface area (TPSA) is 68.5 Å². The lowest BCUT2D eigenvalue weighted by Crippen LogP contribution is -2.42. The van der Waals surface area contributed by atoms with E-state index >= 15 is 0 Å². The average Bonchev–Trinajstić information content (AvgIpc) is 3.01. The third-order valence-electron chi connectivity index (χ3n) is 4.15. The largest absolute Gasteiger partial charge is 0.461 e. The Kier molecular flexibility index (Phi) is 3.74. The summed E-state index contributed by atoms with van der Waals surface area (Å²) in [6.07, 6.45) is 4.70. The second kappa shape index (κ2) is 6.05. The van der Waals surface area contributed by atoms with Gasteiger partial charge in [0.1, 0.15) is 17.4 Å². The zero-order valence-electron chi connectivity index (χ0n) is 13.3. The molecule has 1 amide bonds. The first-order valence-electron chi connectivity index (χ1n) is 7.88. The van der Waals surface area contributed by atoms with Crippen molar-refractivity contribution in [3.8, 4) is 0 Å².